The minimum Gasteiger partial charge on any atom is -0.326 e. The molecule has 1 aromatic carbocycles. The van der Waals surface area contributed by atoms with Gasteiger partial charge in [0.2, 0.25) is 15.9 Å². The van der Waals surface area contributed by atoms with Crippen LogP contribution in [0.1, 0.15) is 26.7 Å². The third kappa shape index (κ3) is 3.48. The Hall–Kier alpha value is -1.66. The summed E-state index contributed by atoms with van der Waals surface area (Å²) in [6.45, 7) is 3.55. The second-order valence-corrected chi connectivity index (χ2v) is 8.39. The van der Waals surface area contributed by atoms with Gasteiger partial charge in [0, 0.05) is 17.6 Å². The van der Waals surface area contributed by atoms with E-state index >= 15 is 0 Å². The lowest BCUT2D eigenvalue weighted by Gasteiger charge is -2.17. The van der Waals surface area contributed by atoms with Crippen LogP contribution in [0.3, 0.4) is 0 Å². The van der Waals surface area contributed by atoms with E-state index in [0.29, 0.717) is 17.5 Å². The van der Waals surface area contributed by atoms with Crippen LogP contribution in [-0.4, -0.2) is 20.4 Å². The number of fused-ring (bicyclic) bond motifs is 2. The van der Waals surface area contributed by atoms with E-state index < -0.39 is 10.0 Å². The van der Waals surface area contributed by atoms with Gasteiger partial charge in [0.1, 0.15) is 0 Å². The molecule has 3 rings (SSSR count). The number of carbonyl (C=O) groups excluding carboxylic acids is 1. The normalized spacial score (nSPS) is 26.0. The fourth-order valence-electron chi connectivity index (χ4n) is 3.41. The Morgan fingerprint density at radius 1 is 1.13 bits per heavy atom. The van der Waals surface area contributed by atoms with Crippen molar-refractivity contribution in [2.24, 2.45) is 17.8 Å². The predicted molar refractivity (Wildman–Crippen MR) is 89.4 cm³/mol. The summed E-state index contributed by atoms with van der Waals surface area (Å²) in [7, 11) is -3.50. The van der Waals surface area contributed by atoms with Crippen molar-refractivity contribution < 1.29 is 13.2 Å². The molecule has 0 aromatic heterocycles. The molecule has 1 amide bonds. The first-order valence-corrected chi connectivity index (χ1v) is 9.45. The number of hydrogen-bond donors (Lipinski definition) is 2. The first-order chi connectivity index (χ1) is 10.8. The SMILES string of the molecule is CC(C)NS(=O)(=O)c1ccc(NC(=O)[C@H]2C[C@@H]3C=C[C@@H]2C3)cc1. The van der Waals surface area contributed by atoms with Crippen molar-refractivity contribution in [1.82, 2.24) is 4.72 Å². The standard InChI is InChI=1S/C17H22N2O3S/c1-11(2)19-23(21,22)15-7-5-14(6-8-15)18-17(20)16-10-12-3-4-13(16)9-12/h3-8,11-13,16,19H,9-10H2,1-2H3,(H,18,20)/t12-,13-,16+/m1/s1. The molecule has 0 saturated heterocycles. The fraction of sp³-hybridized carbons (Fsp3) is 0.471. The van der Waals surface area contributed by atoms with Crippen molar-refractivity contribution >= 4 is 21.6 Å². The second kappa shape index (κ2) is 6.09. The van der Waals surface area contributed by atoms with Crippen molar-refractivity contribution in [3.63, 3.8) is 0 Å². The molecule has 5 nitrogen and oxygen atoms in total. The van der Waals surface area contributed by atoms with E-state index in [9.17, 15) is 13.2 Å². The predicted octanol–water partition coefficient (Wildman–Crippen LogP) is 2.52. The molecule has 1 fully saturated rings. The molecule has 0 aliphatic heterocycles. The Morgan fingerprint density at radius 3 is 2.35 bits per heavy atom. The molecule has 1 saturated carbocycles. The Bertz CT molecular complexity index is 723. The van der Waals surface area contributed by atoms with E-state index in [0.717, 1.165) is 12.8 Å². The van der Waals surface area contributed by atoms with Gasteiger partial charge in [-0.05, 0) is 62.8 Å². The lowest BCUT2D eigenvalue weighted by molar-refractivity contribution is -0.120. The van der Waals surface area contributed by atoms with Crippen LogP contribution in [0, 0.1) is 17.8 Å². The maximum Gasteiger partial charge on any atom is 0.240 e. The number of carbonyl (C=O) groups is 1. The fourth-order valence-corrected chi connectivity index (χ4v) is 4.66. The third-order valence-electron chi connectivity index (χ3n) is 4.44. The first kappa shape index (κ1) is 16.2. The van der Waals surface area contributed by atoms with E-state index in [1.54, 1.807) is 26.0 Å². The summed E-state index contributed by atoms with van der Waals surface area (Å²) in [6, 6.07) is 6.14. The molecule has 1 aromatic rings. The Labute approximate surface area is 137 Å². The van der Waals surface area contributed by atoms with Gasteiger partial charge in [0.05, 0.1) is 4.90 Å². The van der Waals surface area contributed by atoms with Crippen LogP contribution in [0.4, 0.5) is 5.69 Å². The molecule has 2 N–H and O–H groups in total. The zero-order chi connectivity index (χ0) is 16.6. The molecule has 124 valence electrons. The number of anilines is 1. The third-order valence-corrected chi connectivity index (χ3v) is 6.11. The maximum absolute atomic E-state index is 12.4. The van der Waals surface area contributed by atoms with Gasteiger partial charge in [-0.3, -0.25) is 4.79 Å². The van der Waals surface area contributed by atoms with Crippen LogP contribution in [0.2, 0.25) is 0 Å². The van der Waals surface area contributed by atoms with Crippen molar-refractivity contribution in [2.45, 2.75) is 37.6 Å². The number of sulfonamides is 1. The highest BCUT2D eigenvalue weighted by atomic mass is 32.2. The summed E-state index contributed by atoms with van der Waals surface area (Å²) < 4.78 is 26.7. The van der Waals surface area contributed by atoms with Crippen LogP contribution in [0.5, 0.6) is 0 Å². The molecule has 0 spiro atoms. The minimum atomic E-state index is -3.50. The number of benzene rings is 1. The molecule has 2 aliphatic rings. The summed E-state index contributed by atoms with van der Waals surface area (Å²) in [4.78, 5) is 12.6. The monoisotopic (exact) mass is 334 g/mol. The zero-order valence-corrected chi connectivity index (χ0v) is 14.1. The lowest BCUT2D eigenvalue weighted by atomic mass is 9.93. The van der Waals surface area contributed by atoms with Crippen molar-refractivity contribution in [3.05, 3.63) is 36.4 Å². The number of allylic oxidation sites excluding steroid dienone is 2. The van der Waals surface area contributed by atoms with E-state index in [2.05, 4.69) is 22.2 Å². The second-order valence-electron chi connectivity index (χ2n) is 6.68. The molecule has 23 heavy (non-hydrogen) atoms. The van der Waals surface area contributed by atoms with Crippen LogP contribution in [0.25, 0.3) is 0 Å². The molecule has 0 heterocycles. The Morgan fingerprint density at radius 2 is 1.83 bits per heavy atom. The molecule has 2 bridgehead atoms. The van der Waals surface area contributed by atoms with Crippen LogP contribution in [-0.2, 0) is 14.8 Å². The van der Waals surface area contributed by atoms with Gasteiger partial charge >= 0.3 is 0 Å². The minimum absolute atomic E-state index is 0.0257. The van der Waals surface area contributed by atoms with Crippen LogP contribution < -0.4 is 10.0 Å². The highest BCUT2D eigenvalue weighted by Crippen LogP contribution is 2.43. The topological polar surface area (TPSA) is 75.3 Å². The average Bonchev–Trinajstić information content (AvgIpc) is 3.09. The molecule has 0 unspecified atom stereocenters. The maximum atomic E-state index is 12.4. The van der Waals surface area contributed by atoms with Gasteiger partial charge in [0.25, 0.3) is 0 Å². The van der Waals surface area contributed by atoms with Gasteiger partial charge in [-0.1, -0.05) is 12.2 Å². The lowest BCUT2D eigenvalue weighted by Crippen LogP contribution is -2.30. The summed E-state index contributed by atoms with van der Waals surface area (Å²) in [5.41, 5.74) is 0.630. The Kier molecular flexibility index (Phi) is 4.29. The highest BCUT2D eigenvalue weighted by molar-refractivity contribution is 7.89. The summed E-state index contributed by atoms with van der Waals surface area (Å²) in [6.07, 6.45) is 6.34. The van der Waals surface area contributed by atoms with Gasteiger partial charge in [-0.25, -0.2) is 13.1 Å². The largest absolute Gasteiger partial charge is 0.326 e. The van der Waals surface area contributed by atoms with Gasteiger partial charge in [-0.15, -0.1) is 0 Å². The first-order valence-electron chi connectivity index (χ1n) is 7.97. The van der Waals surface area contributed by atoms with E-state index in [4.69, 9.17) is 0 Å². The summed E-state index contributed by atoms with van der Waals surface area (Å²) >= 11 is 0. The number of rotatable bonds is 5. The van der Waals surface area contributed by atoms with Gasteiger partial charge in [0.15, 0.2) is 0 Å². The smallest absolute Gasteiger partial charge is 0.240 e. The van der Waals surface area contributed by atoms with E-state index in [-0.39, 0.29) is 22.8 Å². The molecule has 2 aliphatic carbocycles. The van der Waals surface area contributed by atoms with Crippen molar-refractivity contribution in [2.75, 3.05) is 5.32 Å². The summed E-state index contributed by atoms with van der Waals surface area (Å²) in [5, 5.41) is 2.90. The molecule has 0 radical (unpaired) electrons. The molecule has 6 heteroatoms. The van der Waals surface area contributed by atoms with Gasteiger partial charge < -0.3 is 5.32 Å². The van der Waals surface area contributed by atoms with Crippen LogP contribution >= 0.6 is 0 Å². The molecule has 3 atom stereocenters. The van der Waals surface area contributed by atoms with Crippen molar-refractivity contribution in [3.8, 4) is 0 Å². The summed E-state index contributed by atoms with van der Waals surface area (Å²) in [5.74, 6) is 0.967. The van der Waals surface area contributed by atoms with Gasteiger partial charge in [-0.2, -0.15) is 0 Å². The average molecular weight is 334 g/mol. The number of hydrogen-bond acceptors (Lipinski definition) is 3. The molecular formula is C17H22N2O3S. The number of amides is 1. The number of nitrogens with one attached hydrogen (secondary N) is 2. The van der Waals surface area contributed by atoms with E-state index in [1.807, 2.05) is 0 Å². The molecular weight excluding hydrogens is 312 g/mol. The quantitative estimate of drug-likeness (QED) is 0.813. The highest BCUT2D eigenvalue weighted by Gasteiger charge is 2.39. The van der Waals surface area contributed by atoms with Crippen molar-refractivity contribution in [1.29, 1.82) is 0 Å². The Balaban J connectivity index is 1.66. The van der Waals surface area contributed by atoms with Crippen LogP contribution in [0.15, 0.2) is 41.3 Å². The van der Waals surface area contributed by atoms with E-state index in [1.165, 1.54) is 12.1 Å². The zero-order valence-electron chi connectivity index (χ0n) is 13.3.